The molecule has 1 aromatic rings. The first kappa shape index (κ1) is 11.8. The molecular weight excluding hydrogens is 212 g/mol. The molecule has 3 nitrogen and oxygen atoms in total. The van der Waals surface area contributed by atoms with Crippen molar-refractivity contribution in [2.45, 2.75) is 13.3 Å². The van der Waals surface area contributed by atoms with Crippen LogP contribution in [-0.4, -0.2) is 24.3 Å². The van der Waals surface area contributed by atoms with Crippen LogP contribution in [0.25, 0.3) is 0 Å². The molecule has 0 aliphatic heterocycles. The van der Waals surface area contributed by atoms with Crippen molar-refractivity contribution < 1.29 is 14.6 Å². The third-order valence-corrected chi connectivity index (χ3v) is 2.51. The Balaban J connectivity index is 2.65. The topological polar surface area (TPSA) is 46.5 Å². The largest absolute Gasteiger partial charge is 0.462 e. The first-order valence-electron chi connectivity index (χ1n) is 4.64. The molecular formula is C11H12O3S. The summed E-state index contributed by atoms with van der Waals surface area (Å²) >= 11 is 1.30. The van der Waals surface area contributed by atoms with Crippen LogP contribution in [0.2, 0.25) is 0 Å². The zero-order valence-corrected chi connectivity index (χ0v) is 9.26. The Labute approximate surface area is 92.7 Å². The van der Waals surface area contributed by atoms with Crippen LogP contribution in [-0.2, 0) is 4.74 Å². The van der Waals surface area contributed by atoms with Gasteiger partial charge in [0.2, 0.25) is 0 Å². The number of thiophene rings is 1. The van der Waals surface area contributed by atoms with E-state index in [4.69, 9.17) is 9.84 Å². The van der Waals surface area contributed by atoms with Gasteiger partial charge in [-0.25, -0.2) is 4.79 Å². The smallest absolute Gasteiger partial charge is 0.348 e. The van der Waals surface area contributed by atoms with Crippen LogP contribution < -0.4 is 0 Å². The number of esters is 1. The van der Waals surface area contributed by atoms with E-state index in [1.165, 1.54) is 11.3 Å². The highest BCUT2D eigenvalue weighted by molar-refractivity contribution is 7.14. The lowest BCUT2D eigenvalue weighted by molar-refractivity contribution is 0.0532. The highest BCUT2D eigenvalue weighted by Crippen LogP contribution is 2.16. The molecule has 0 aliphatic carbocycles. The number of ether oxygens (including phenoxy) is 1. The highest BCUT2D eigenvalue weighted by atomic mass is 32.1. The van der Waals surface area contributed by atoms with E-state index >= 15 is 0 Å². The zero-order valence-electron chi connectivity index (χ0n) is 8.45. The van der Waals surface area contributed by atoms with Crippen molar-refractivity contribution in [3.63, 3.8) is 0 Å². The van der Waals surface area contributed by atoms with Crippen LogP contribution in [0, 0.1) is 11.8 Å². The van der Waals surface area contributed by atoms with Gasteiger partial charge in [0, 0.05) is 6.42 Å². The van der Waals surface area contributed by atoms with Gasteiger partial charge >= 0.3 is 5.97 Å². The molecule has 80 valence electrons. The molecule has 0 atom stereocenters. The molecule has 0 saturated carbocycles. The van der Waals surface area contributed by atoms with Crippen molar-refractivity contribution in [1.82, 2.24) is 0 Å². The van der Waals surface area contributed by atoms with Gasteiger partial charge < -0.3 is 9.84 Å². The van der Waals surface area contributed by atoms with E-state index in [-0.39, 0.29) is 12.6 Å². The maximum atomic E-state index is 11.3. The van der Waals surface area contributed by atoms with Gasteiger partial charge in [0.05, 0.1) is 18.1 Å². The average molecular weight is 224 g/mol. The summed E-state index contributed by atoms with van der Waals surface area (Å²) in [5, 5.41) is 8.53. The maximum absolute atomic E-state index is 11.3. The van der Waals surface area contributed by atoms with Gasteiger partial charge in [-0.2, -0.15) is 0 Å². The predicted molar refractivity (Wildman–Crippen MR) is 58.9 cm³/mol. The number of carbonyl (C=O) groups excluding carboxylic acids is 1. The average Bonchev–Trinajstić information content (AvgIpc) is 2.67. The number of aliphatic hydroxyl groups excluding tert-OH is 1. The summed E-state index contributed by atoms with van der Waals surface area (Å²) in [6.45, 7) is 2.21. The molecule has 0 spiro atoms. The Morgan fingerprint density at radius 2 is 2.40 bits per heavy atom. The van der Waals surface area contributed by atoms with Crippen molar-refractivity contribution in [2.75, 3.05) is 13.2 Å². The lowest BCUT2D eigenvalue weighted by Gasteiger charge is -1.95. The second kappa shape index (κ2) is 6.23. The summed E-state index contributed by atoms with van der Waals surface area (Å²) in [4.78, 5) is 12.7. The van der Waals surface area contributed by atoms with Crippen molar-refractivity contribution in [3.05, 3.63) is 21.9 Å². The number of hydrogen-bond acceptors (Lipinski definition) is 4. The molecule has 1 N–H and O–H groups in total. The fraction of sp³-hybridized carbons (Fsp3) is 0.364. The van der Waals surface area contributed by atoms with E-state index in [0.717, 1.165) is 4.88 Å². The minimum absolute atomic E-state index is 0.0586. The maximum Gasteiger partial charge on any atom is 0.348 e. The van der Waals surface area contributed by atoms with E-state index in [2.05, 4.69) is 11.8 Å². The number of hydrogen-bond donors (Lipinski definition) is 1. The molecule has 1 heterocycles. The van der Waals surface area contributed by atoms with Crippen LogP contribution >= 0.6 is 11.3 Å². The van der Waals surface area contributed by atoms with Gasteiger partial charge in [-0.1, -0.05) is 11.8 Å². The Hall–Kier alpha value is -1.31. The standard InChI is InChI=1S/C11H12O3S/c1-2-14-11(13)10-7-6-9(15-10)5-3-4-8-12/h6-7,12H,2,4,8H2,1H3. The van der Waals surface area contributed by atoms with Gasteiger partial charge in [-0.05, 0) is 19.1 Å². The van der Waals surface area contributed by atoms with Crippen molar-refractivity contribution in [1.29, 1.82) is 0 Å². The fourth-order valence-corrected chi connectivity index (χ4v) is 1.70. The van der Waals surface area contributed by atoms with Gasteiger partial charge in [0.25, 0.3) is 0 Å². The van der Waals surface area contributed by atoms with Gasteiger partial charge in [-0.15, -0.1) is 11.3 Å². The zero-order chi connectivity index (χ0) is 11.1. The SMILES string of the molecule is CCOC(=O)c1ccc(C#CCCO)s1. The lowest BCUT2D eigenvalue weighted by Crippen LogP contribution is -2.01. The van der Waals surface area contributed by atoms with Crippen molar-refractivity contribution in [3.8, 4) is 11.8 Å². The van der Waals surface area contributed by atoms with E-state index in [9.17, 15) is 4.79 Å². The fourth-order valence-electron chi connectivity index (χ4n) is 0.923. The van der Waals surface area contributed by atoms with Crippen LogP contribution in [0.1, 0.15) is 27.9 Å². The summed E-state index contributed by atoms with van der Waals surface area (Å²) in [5.74, 6) is 5.35. The minimum Gasteiger partial charge on any atom is -0.462 e. The molecule has 0 aromatic carbocycles. The monoisotopic (exact) mass is 224 g/mol. The normalized spacial score (nSPS) is 9.20. The molecule has 1 rings (SSSR count). The quantitative estimate of drug-likeness (QED) is 0.627. The third kappa shape index (κ3) is 3.74. The summed E-state index contributed by atoms with van der Waals surface area (Å²) < 4.78 is 4.85. The molecule has 4 heteroatoms. The van der Waals surface area contributed by atoms with Crippen LogP contribution in [0.5, 0.6) is 0 Å². The minimum atomic E-state index is -0.308. The summed E-state index contributed by atoms with van der Waals surface area (Å²) in [5.41, 5.74) is 0. The lowest BCUT2D eigenvalue weighted by atomic mass is 10.4. The Morgan fingerprint density at radius 1 is 1.60 bits per heavy atom. The van der Waals surface area contributed by atoms with Gasteiger partial charge in [-0.3, -0.25) is 0 Å². The van der Waals surface area contributed by atoms with Crippen molar-refractivity contribution >= 4 is 17.3 Å². The van der Waals surface area contributed by atoms with Crippen LogP contribution in [0.3, 0.4) is 0 Å². The number of rotatable bonds is 3. The second-order valence-electron chi connectivity index (χ2n) is 2.66. The Morgan fingerprint density at radius 3 is 3.07 bits per heavy atom. The van der Waals surface area contributed by atoms with Gasteiger partial charge in [0.1, 0.15) is 4.88 Å². The molecule has 0 bridgehead atoms. The molecule has 0 saturated heterocycles. The summed E-state index contributed by atoms with van der Waals surface area (Å²) in [7, 11) is 0. The molecule has 15 heavy (non-hydrogen) atoms. The molecule has 0 amide bonds. The van der Waals surface area contributed by atoms with Crippen LogP contribution in [0.15, 0.2) is 12.1 Å². The van der Waals surface area contributed by atoms with E-state index in [1.807, 2.05) is 0 Å². The first-order chi connectivity index (χ1) is 7.27. The molecule has 0 unspecified atom stereocenters. The number of aliphatic hydroxyl groups is 1. The highest BCUT2D eigenvalue weighted by Gasteiger charge is 2.08. The van der Waals surface area contributed by atoms with Crippen molar-refractivity contribution in [2.24, 2.45) is 0 Å². The molecule has 0 aliphatic rings. The van der Waals surface area contributed by atoms with E-state index in [0.29, 0.717) is 17.9 Å². The van der Waals surface area contributed by atoms with E-state index < -0.39 is 0 Å². The Kier molecular flexibility index (Phi) is 4.88. The van der Waals surface area contributed by atoms with Crippen LogP contribution in [0.4, 0.5) is 0 Å². The van der Waals surface area contributed by atoms with Gasteiger partial charge in [0.15, 0.2) is 0 Å². The molecule has 0 radical (unpaired) electrons. The Bertz CT molecular complexity index is 384. The third-order valence-electron chi connectivity index (χ3n) is 1.53. The predicted octanol–water partition coefficient (Wildman–Crippen LogP) is 1.66. The molecule has 1 aromatic heterocycles. The summed E-state index contributed by atoms with van der Waals surface area (Å²) in [6, 6.07) is 3.48. The number of carbonyl (C=O) groups is 1. The van der Waals surface area contributed by atoms with E-state index in [1.54, 1.807) is 19.1 Å². The molecule has 0 fully saturated rings. The second-order valence-corrected chi connectivity index (χ2v) is 3.74. The summed E-state index contributed by atoms with van der Waals surface area (Å²) in [6.07, 6.45) is 0.451. The first-order valence-corrected chi connectivity index (χ1v) is 5.46.